The average molecular weight is 501 g/mol. The topological polar surface area (TPSA) is 16.6 Å². The standard InChI is InChI=1S/C34H36N4/c1-27-33(29-17-7-5-8-18-29)37(31-21-11-15-23-35(27)31)25-13-3-4-14-26-38-32-22-12-16-24-36(32)28(2)34(38)30-19-9-6-10-20-30/h5-12,15-24H,3-4,13-14,25-26H2,1-2H3/q+2. The summed E-state index contributed by atoms with van der Waals surface area (Å²) in [6, 6.07) is 34.6. The first-order valence-electron chi connectivity index (χ1n) is 13.8. The number of hydrogen-bond acceptors (Lipinski definition) is 0. The van der Waals surface area contributed by atoms with Crippen LogP contribution in [-0.4, -0.2) is 8.80 Å². The zero-order valence-electron chi connectivity index (χ0n) is 22.4. The number of aryl methyl sites for hydroxylation is 4. The van der Waals surface area contributed by atoms with Gasteiger partial charge in [0.2, 0.25) is 0 Å². The van der Waals surface area contributed by atoms with E-state index in [2.05, 4.69) is 141 Å². The molecule has 4 nitrogen and oxygen atoms in total. The van der Waals surface area contributed by atoms with E-state index in [1.165, 1.54) is 70.9 Å². The quantitative estimate of drug-likeness (QED) is 0.150. The molecule has 0 spiro atoms. The van der Waals surface area contributed by atoms with Crippen LogP contribution < -0.4 is 9.13 Å². The number of nitrogens with zero attached hydrogens (tertiary/aromatic N) is 4. The summed E-state index contributed by atoms with van der Waals surface area (Å²) in [6.07, 6.45) is 9.14. The predicted octanol–water partition coefficient (Wildman–Crippen LogP) is 6.98. The van der Waals surface area contributed by atoms with E-state index >= 15 is 0 Å². The van der Waals surface area contributed by atoms with Gasteiger partial charge >= 0.3 is 0 Å². The van der Waals surface area contributed by atoms with Crippen molar-refractivity contribution in [2.75, 3.05) is 0 Å². The SMILES string of the molecule is Cc1c(-c2ccccc2)[n+](CCCCCC[n+]2c(-c3ccccc3)c(C)n3ccccc32)c2ccccn12. The fourth-order valence-electron chi connectivity index (χ4n) is 5.99. The molecule has 6 rings (SSSR count). The molecule has 0 N–H and O–H groups in total. The summed E-state index contributed by atoms with van der Waals surface area (Å²) in [5, 5.41) is 0. The van der Waals surface area contributed by atoms with Gasteiger partial charge < -0.3 is 0 Å². The Bertz CT molecular complexity index is 1550. The van der Waals surface area contributed by atoms with Gasteiger partial charge in [-0.15, -0.1) is 0 Å². The van der Waals surface area contributed by atoms with Gasteiger partial charge in [0.1, 0.15) is 0 Å². The monoisotopic (exact) mass is 500 g/mol. The molecule has 0 amide bonds. The van der Waals surface area contributed by atoms with Crippen LogP contribution in [0.15, 0.2) is 109 Å². The number of unbranched alkanes of at least 4 members (excludes halogenated alkanes) is 3. The molecule has 0 aliphatic carbocycles. The van der Waals surface area contributed by atoms with Gasteiger partial charge in [-0.25, -0.2) is 9.13 Å². The van der Waals surface area contributed by atoms with E-state index in [0.29, 0.717) is 0 Å². The minimum atomic E-state index is 1.03. The van der Waals surface area contributed by atoms with Crippen molar-refractivity contribution in [2.45, 2.75) is 52.6 Å². The Morgan fingerprint density at radius 2 is 0.868 bits per heavy atom. The molecule has 2 aromatic carbocycles. The number of rotatable bonds is 9. The predicted molar refractivity (Wildman–Crippen MR) is 154 cm³/mol. The molecule has 0 aliphatic rings. The molecular weight excluding hydrogens is 464 g/mol. The zero-order chi connectivity index (χ0) is 25.9. The van der Waals surface area contributed by atoms with Crippen LogP contribution in [0.25, 0.3) is 33.8 Å². The molecule has 0 bridgehead atoms. The van der Waals surface area contributed by atoms with E-state index in [-0.39, 0.29) is 0 Å². The van der Waals surface area contributed by atoms with Crippen LogP contribution in [-0.2, 0) is 13.1 Å². The molecule has 4 aromatic heterocycles. The lowest BCUT2D eigenvalue weighted by molar-refractivity contribution is -0.662. The minimum Gasteiger partial charge on any atom is -0.223 e. The molecule has 4 heterocycles. The Kier molecular flexibility index (Phi) is 6.78. The number of imidazole rings is 2. The molecule has 4 heteroatoms. The van der Waals surface area contributed by atoms with Gasteiger partial charge in [0.25, 0.3) is 11.3 Å². The summed E-state index contributed by atoms with van der Waals surface area (Å²) < 4.78 is 9.67. The first-order valence-corrected chi connectivity index (χ1v) is 13.8. The van der Waals surface area contributed by atoms with E-state index in [4.69, 9.17) is 0 Å². The molecule has 0 unspecified atom stereocenters. The second kappa shape index (κ2) is 10.7. The smallest absolute Gasteiger partial charge is 0.223 e. The average Bonchev–Trinajstić information content (AvgIpc) is 3.42. The molecule has 0 atom stereocenters. The van der Waals surface area contributed by atoms with E-state index in [9.17, 15) is 0 Å². The van der Waals surface area contributed by atoms with Crippen molar-refractivity contribution in [1.82, 2.24) is 8.80 Å². The summed E-state index contributed by atoms with van der Waals surface area (Å²) in [7, 11) is 0. The van der Waals surface area contributed by atoms with Gasteiger partial charge in [-0.3, -0.25) is 0 Å². The van der Waals surface area contributed by atoms with Crippen LogP contribution in [0.2, 0.25) is 0 Å². The van der Waals surface area contributed by atoms with Gasteiger partial charge in [0.15, 0.2) is 22.8 Å². The number of fused-ring (bicyclic) bond motifs is 2. The lowest BCUT2D eigenvalue weighted by Crippen LogP contribution is -2.36. The highest BCUT2D eigenvalue weighted by molar-refractivity contribution is 5.62. The highest BCUT2D eigenvalue weighted by atomic mass is 15.1. The molecule has 38 heavy (non-hydrogen) atoms. The normalized spacial score (nSPS) is 11.5. The molecule has 0 aliphatic heterocycles. The Balaban J connectivity index is 1.17. The maximum absolute atomic E-state index is 2.51. The van der Waals surface area contributed by atoms with Crippen molar-refractivity contribution in [2.24, 2.45) is 0 Å². The van der Waals surface area contributed by atoms with Gasteiger partial charge in [0, 0.05) is 37.1 Å². The summed E-state index contributed by atoms with van der Waals surface area (Å²) in [4.78, 5) is 0. The van der Waals surface area contributed by atoms with Gasteiger partial charge in [-0.1, -0.05) is 72.8 Å². The van der Waals surface area contributed by atoms with E-state index < -0.39 is 0 Å². The lowest BCUT2D eigenvalue weighted by atomic mass is 10.1. The second-order valence-electron chi connectivity index (χ2n) is 10.2. The third-order valence-electron chi connectivity index (χ3n) is 7.79. The molecule has 0 saturated heterocycles. The Morgan fingerprint density at radius 1 is 0.474 bits per heavy atom. The first kappa shape index (κ1) is 24.2. The second-order valence-corrected chi connectivity index (χ2v) is 10.2. The van der Waals surface area contributed by atoms with E-state index in [1.54, 1.807) is 0 Å². The van der Waals surface area contributed by atoms with Crippen molar-refractivity contribution in [3.8, 4) is 22.5 Å². The van der Waals surface area contributed by atoms with Crippen LogP contribution >= 0.6 is 0 Å². The van der Waals surface area contributed by atoms with Crippen molar-refractivity contribution >= 4 is 11.3 Å². The third kappa shape index (κ3) is 4.41. The van der Waals surface area contributed by atoms with Gasteiger partial charge in [0.05, 0.1) is 25.5 Å². The molecule has 6 aromatic rings. The maximum Gasteiger partial charge on any atom is 0.286 e. The maximum atomic E-state index is 2.51. The first-order chi connectivity index (χ1) is 18.7. The Morgan fingerprint density at radius 3 is 1.29 bits per heavy atom. The van der Waals surface area contributed by atoms with Crippen LogP contribution in [0.1, 0.15) is 37.1 Å². The number of hydrogen-bond donors (Lipinski definition) is 0. The molecule has 0 saturated carbocycles. The molecular formula is C34H36N4+2. The summed E-state index contributed by atoms with van der Waals surface area (Å²) in [6.45, 7) is 6.53. The van der Waals surface area contributed by atoms with Crippen molar-refractivity contribution < 1.29 is 9.13 Å². The fraction of sp³-hybridized carbons (Fsp3) is 0.235. The van der Waals surface area contributed by atoms with Crippen molar-refractivity contribution in [1.29, 1.82) is 0 Å². The summed E-state index contributed by atoms with van der Waals surface area (Å²) in [5.41, 5.74) is 10.4. The van der Waals surface area contributed by atoms with Gasteiger partial charge in [-0.2, -0.15) is 8.80 Å². The van der Waals surface area contributed by atoms with Crippen LogP contribution in [0.3, 0.4) is 0 Å². The van der Waals surface area contributed by atoms with E-state index in [0.717, 1.165) is 13.1 Å². The van der Waals surface area contributed by atoms with Crippen molar-refractivity contribution in [3.63, 3.8) is 0 Å². The van der Waals surface area contributed by atoms with Crippen molar-refractivity contribution in [3.05, 3.63) is 121 Å². The molecule has 190 valence electrons. The third-order valence-corrected chi connectivity index (χ3v) is 7.79. The number of benzene rings is 2. The van der Waals surface area contributed by atoms with Crippen LogP contribution in [0.5, 0.6) is 0 Å². The van der Waals surface area contributed by atoms with Crippen LogP contribution in [0.4, 0.5) is 0 Å². The summed E-state index contributed by atoms with van der Waals surface area (Å²) >= 11 is 0. The largest absolute Gasteiger partial charge is 0.286 e. The Labute approximate surface area is 225 Å². The lowest BCUT2D eigenvalue weighted by Gasteiger charge is -2.06. The zero-order valence-corrected chi connectivity index (χ0v) is 22.4. The number of pyridine rings is 2. The molecule has 0 radical (unpaired) electrons. The minimum absolute atomic E-state index is 1.03. The van der Waals surface area contributed by atoms with E-state index in [1.807, 2.05) is 0 Å². The summed E-state index contributed by atoms with van der Waals surface area (Å²) in [5.74, 6) is 0. The number of aromatic nitrogens is 4. The molecule has 0 fully saturated rings. The highest BCUT2D eigenvalue weighted by Crippen LogP contribution is 2.24. The Hall–Kier alpha value is -4.18. The fourth-order valence-corrected chi connectivity index (χ4v) is 5.99. The van der Waals surface area contributed by atoms with Crippen LogP contribution in [0, 0.1) is 13.8 Å². The van der Waals surface area contributed by atoms with Gasteiger partial charge in [-0.05, 0) is 37.8 Å². The highest BCUT2D eigenvalue weighted by Gasteiger charge is 2.24.